The van der Waals surface area contributed by atoms with Gasteiger partial charge in [0.1, 0.15) is 0 Å². The van der Waals surface area contributed by atoms with Gasteiger partial charge in [0.05, 0.1) is 17.9 Å². The molecule has 5 rings (SSSR count). The van der Waals surface area contributed by atoms with E-state index in [0.717, 1.165) is 22.5 Å². The van der Waals surface area contributed by atoms with Gasteiger partial charge in [-0.2, -0.15) is 0 Å². The first kappa shape index (κ1) is 21.6. The maximum atomic E-state index is 13.8. The summed E-state index contributed by atoms with van der Waals surface area (Å²) in [6, 6.07) is 16.1. The van der Waals surface area contributed by atoms with E-state index in [1.54, 1.807) is 6.20 Å². The van der Waals surface area contributed by atoms with Crippen molar-refractivity contribution in [2.24, 2.45) is 17.8 Å². The summed E-state index contributed by atoms with van der Waals surface area (Å²) in [5.74, 6) is 2.22. The number of pyridine rings is 1. The third-order valence-corrected chi connectivity index (χ3v) is 7.01. The zero-order valence-electron chi connectivity index (χ0n) is 19.4. The zero-order chi connectivity index (χ0) is 22.8. The third-order valence-electron chi connectivity index (χ3n) is 7.01. The number of aromatic nitrogens is 3. The maximum Gasteiger partial charge on any atom is 0.226 e. The van der Waals surface area contributed by atoms with E-state index in [4.69, 9.17) is 4.98 Å². The van der Waals surface area contributed by atoms with Crippen LogP contribution in [0.25, 0.3) is 11.3 Å². The van der Waals surface area contributed by atoms with Crippen LogP contribution < -0.4 is 4.90 Å². The van der Waals surface area contributed by atoms with Crippen LogP contribution >= 0.6 is 0 Å². The van der Waals surface area contributed by atoms with E-state index >= 15 is 0 Å². The number of fused-ring (bicyclic) bond motifs is 1. The lowest BCUT2D eigenvalue weighted by atomic mass is 10.0. The Labute approximate surface area is 195 Å². The fraction of sp³-hybridized carbons (Fsp3) is 0.407. The van der Waals surface area contributed by atoms with Crippen LogP contribution in [0.3, 0.4) is 0 Å². The summed E-state index contributed by atoms with van der Waals surface area (Å²) in [4.78, 5) is 31.6. The molecule has 2 heterocycles. The van der Waals surface area contributed by atoms with Crippen molar-refractivity contribution in [3.63, 3.8) is 0 Å². The first-order valence-corrected chi connectivity index (χ1v) is 11.9. The van der Waals surface area contributed by atoms with E-state index < -0.39 is 0 Å². The molecule has 0 saturated heterocycles. The van der Waals surface area contributed by atoms with Crippen LogP contribution in [0.2, 0.25) is 0 Å². The van der Waals surface area contributed by atoms with Crippen molar-refractivity contribution >= 4 is 11.9 Å². The van der Waals surface area contributed by atoms with Gasteiger partial charge in [0.15, 0.2) is 0 Å². The molecule has 2 aliphatic rings. The van der Waals surface area contributed by atoms with Crippen LogP contribution in [0.1, 0.15) is 36.9 Å². The molecular formula is C27H31N5O. The lowest BCUT2D eigenvalue weighted by molar-refractivity contribution is -0.134. The molecule has 1 amide bonds. The normalized spacial score (nSPS) is 21.2. The highest BCUT2D eigenvalue weighted by Gasteiger charge is 2.55. The van der Waals surface area contributed by atoms with Gasteiger partial charge < -0.3 is 9.80 Å². The molecule has 3 atom stereocenters. The summed E-state index contributed by atoms with van der Waals surface area (Å²) in [7, 11) is 3.86. The van der Waals surface area contributed by atoms with Crippen molar-refractivity contribution in [3.05, 3.63) is 72.2 Å². The number of nitrogens with zero attached hydrogens (tertiary/aromatic N) is 5. The fourth-order valence-corrected chi connectivity index (χ4v) is 5.24. The van der Waals surface area contributed by atoms with E-state index in [1.165, 1.54) is 25.7 Å². The second-order valence-electron chi connectivity index (χ2n) is 9.46. The minimum absolute atomic E-state index is 0.171. The Kier molecular flexibility index (Phi) is 6.07. The van der Waals surface area contributed by atoms with E-state index in [-0.39, 0.29) is 11.8 Å². The predicted molar refractivity (Wildman–Crippen MR) is 129 cm³/mol. The Bertz CT molecular complexity index is 1090. The second-order valence-corrected chi connectivity index (χ2v) is 9.46. The summed E-state index contributed by atoms with van der Waals surface area (Å²) in [6.45, 7) is 1.03. The van der Waals surface area contributed by atoms with E-state index in [1.807, 2.05) is 66.5 Å². The zero-order valence-corrected chi connectivity index (χ0v) is 19.4. The minimum atomic E-state index is 0.171. The number of amides is 1. The molecule has 2 saturated carbocycles. The van der Waals surface area contributed by atoms with Gasteiger partial charge in [0, 0.05) is 44.5 Å². The summed E-state index contributed by atoms with van der Waals surface area (Å²) < 4.78 is 0. The van der Waals surface area contributed by atoms with E-state index in [2.05, 4.69) is 22.1 Å². The van der Waals surface area contributed by atoms with Gasteiger partial charge in [-0.1, -0.05) is 49.2 Å². The molecule has 1 aromatic carbocycles. The standard InChI is InChI=1S/C27H31N5O/c1-31(2)27-29-16-22(23-14-8-9-15-28-23)24(30-27)18-32(17-19-10-4-3-5-11-19)26(33)25-20-12-6-7-13-21(20)25/h3-5,8-11,14-16,20-21,25H,6-7,12-13,17-18H2,1-2H3/t20-,21+,25?. The third kappa shape index (κ3) is 4.61. The van der Waals surface area contributed by atoms with Crippen molar-refractivity contribution in [2.75, 3.05) is 19.0 Å². The number of hydrogen-bond acceptors (Lipinski definition) is 5. The van der Waals surface area contributed by atoms with E-state index in [0.29, 0.717) is 30.9 Å². The van der Waals surface area contributed by atoms with Crippen LogP contribution in [-0.2, 0) is 17.9 Å². The Morgan fingerprint density at radius 3 is 2.33 bits per heavy atom. The van der Waals surface area contributed by atoms with Crippen molar-refractivity contribution in [1.82, 2.24) is 19.9 Å². The van der Waals surface area contributed by atoms with E-state index in [9.17, 15) is 4.79 Å². The van der Waals surface area contributed by atoms with Gasteiger partial charge in [0.2, 0.25) is 11.9 Å². The van der Waals surface area contributed by atoms with Crippen molar-refractivity contribution in [1.29, 1.82) is 0 Å². The molecule has 6 heteroatoms. The largest absolute Gasteiger partial charge is 0.347 e. The van der Waals surface area contributed by atoms with Gasteiger partial charge in [-0.3, -0.25) is 9.78 Å². The summed E-state index contributed by atoms with van der Waals surface area (Å²) in [5, 5.41) is 0. The Morgan fingerprint density at radius 2 is 1.67 bits per heavy atom. The highest BCUT2D eigenvalue weighted by atomic mass is 16.2. The Morgan fingerprint density at radius 1 is 0.939 bits per heavy atom. The minimum Gasteiger partial charge on any atom is -0.347 e. The molecule has 0 spiro atoms. The van der Waals surface area contributed by atoms with Gasteiger partial charge in [-0.05, 0) is 42.4 Å². The lowest BCUT2D eigenvalue weighted by Gasteiger charge is -2.25. The fourth-order valence-electron chi connectivity index (χ4n) is 5.24. The highest BCUT2D eigenvalue weighted by Crippen LogP contribution is 2.56. The summed E-state index contributed by atoms with van der Waals surface area (Å²) in [6.07, 6.45) is 8.51. The molecule has 0 bridgehead atoms. The molecule has 3 aromatic rings. The van der Waals surface area contributed by atoms with Crippen LogP contribution in [0.4, 0.5) is 5.95 Å². The number of rotatable bonds is 7. The summed E-state index contributed by atoms with van der Waals surface area (Å²) in [5.41, 5.74) is 3.67. The molecule has 0 N–H and O–H groups in total. The van der Waals surface area contributed by atoms with Crippen LogP contribution in [0.5, 0.6) is 0 Å². The average molecular weight is 442 g/mol. The van der Waals surface area contributed by atoms with Gasteiger partial charge in [-0.25, -0.2) is 9.97 Å². The molecule has 6 nitrogen and oxygen atoms in total. The molecule has 170 valence electrons. The number of carbonyl (C=O) groups is 1. The van der Waals surface area contributed by atoms with Crippen molar-refractivity contribution < 1.29 is 4.79 Å². The molecule has 33 heavy (non-hydrogen) atoms. The quantitative estimate of drug-likeness (QED) is 0.537. The van der Waals surface area contributed by atoms with Crippen LogP contribution in [-0.4, -0.2) is 39.9 Å². The van der Waals surface area contributed by atoms with Crippen LogP contribution in [0, 0.1) is 17.8 Å². The highest BCUT2D eigenvalue weighted by molar-refractivity contribution is 5.82. The average Bonchev–Trinajstić information content (AvgIpc) is 3.59. The molecule has 2 aliphatic carbocycles. The number of benzene rings is 1. The predicted octanol–water partition coefficient (Wildman–Crippen LogP) is 4.57. The number of carbonyl (C=O) groups excluding carboxylic acids is 1. The molecular weight excluding hydrogens is 410 g/mol. The topological polar surface area (TPSA) is 62.2 Å². The molecule has 1 unspecified atom stereocenters. The second kappa shape index (κ2) is 9.30. The SMILES string of the molecule is CN(C)c1ncc(-c2ccccn2)c(CN(Cc2ccccc2)C(=O)C2[C@H]3CCCC[C@@H]23)n1. The molecule has 2 fully saturated rings. The molecule has 2 aromatic heterocycles. The Balaban J connectivity index is 1.49. The van der Waals surface area contributed by atoms with Gasteiger partial charge >= 0.3 is 0 Å². The number of anilines is 1. The first-order valence-electron chi connectivity index (χ1n) is 11.9. The van der Waals surface area contributed by atoms with Gasteiger partial charge in [-0.15, -0.1) is 0 Å². The monoisotopic (exact) mass is 441 g/mol. The number of hydrogen-bond donors (Lipinski definition) is 0. The van der Waals surface area contributed by atoms with Crippen molar-refractivity contribution in [2.45, 2.75) is 38.8 Å². The Hall–Kier alpha value is -3.28. The smallest absolute Gasteiger partial charge is 0.226 e. The van der Waals surface area contributed by atoms with Gasteiger partial charge in [0.25, 0.3) is 0 Å². The molecule has 0 radical (unpaired) electrons. The van der Waals surface area contributed by atoms with Crippen molar-refractivity contribution in [3.8, 4) is 11.3 Å². The first-order chi connectivity index (χ1) is 16.1. The lowest BCUT2D eigenvalue weighted by Crippen LogP contribution is -2.33. The van der Waals surface area contributed by atoms with Crippen LogP contribution in [0.15, 0.2) is 60.9 Å². The maximum absolute atomic E-state index is 13.8. The summed E-state index contributed by atoms with van der Waals surface area (Å²) >= 11 is 0. The molecule has 0 aliphatic heterocycles.